The third kappa shape index (κ3) is 3.44. The van der Waals surface area contributed by atoms with E-state index >= 15 is 0 Å². The van der Waals surface area contributed by atoms with Crippen molar-refractivity contribution in [3.63, 3.8) is 0 Å². The van der Waals surface area contributed by atoms with Gasteiger partial charge in [-0.1, -0.05) is 42.5 Å². The summed E-state index contributed by atoms with van der Waals surface area (Å²) in [5, 5.41) is 3.52. The van der Waals surface area contributed by atoms with Gasteiger partial charge in [-0.25, -0.2) is 4.98 Å². The van der Waals surface area contributed by atoms with Gasteiger partial charge in [0.2, 0.25) is 5.91 Å². The van der Waals surface area contributed by atoms with Crippen molar-refractivity contribution in [1.82, 2.24) is 9.55 Å². The summed E-state index contributed by atoms with van der Waals surface area (Å²) in [6.07, 6.45) is 1.47. The molecule has 0 spiro atoms. The Kier molecular flexibility index (Phi) is 5.26. The standard InChI is InChI=1S/C24H23N3O2S/c1-14-9-8-12-19(15(14)2)26-22(28)16(3)27-13-25-23-21(24(27)29)20(17(4)30-23)18-10-6-5-7-11-18/h5-13,16H,1-4H3,(H,26,28). The number of benzene rings is 2. The second-order valence-electron chi connectivity index (χ2n) is 7.45. The SMILES string of the molecule is Cc1cccc(NC(=O)C(C)n2cnc3sc(C)c(-c4ccccc4)c3c2=O)c1C. The van der Waals surface area contributed by atoms with Crippen LogP contribution in [0.15, 0.2) is 59.7 Å². The molecule has 0 bridgehead atoms. The first-order chi connectivity index (χ1) is 14.4. The summed E-state index contributed by atoms with van der Waals surface area (Å²) in [7, 11) is 0. The molecular weight excluding hydrogens is 394 g/mol. The maximum absolute atomic E-state index is 13.4. The number of carbonyl (C=O) groups is 1. The highest BCUT2D eigenvalue weighted by Crippen LogP contribution is 2.35. The number of thiophene rings is 1. The number of aryl methyl sites for hydroxylation is 2. The van der Waals surface area contributed by atoms with E-state index in [9.17, 15) is 9.59 Å². The van der Waals surface area contributed by atoms with Gasteiger partial charge < -0.3 is 5.32 Å². The highest BCUT2D eigenvalue weighted by atomic mass is 32.1. The number of fused-ring (bicyclic) bond motifs is 1. The molecule has 5 nitrogen and oxygen atoms in total. The lowest BCUT2D eigenvalue weighted by Gasteiger charge is -2.17. The summed E-state index contributed by atoms with van der Waals surface area (Å²) in [5.41, 5.74) is 4.54. The number of anilines is 1. The molecule has 6 heteroatoms. The number of amides is 1. The van der Waals surface area contributed by atoms with Crippen molar-refractivity contribution in [1.29, 1.82) is 0 Å². The Balaban J connectivity index is 1.76. The number of aromatic nitrogens is 2. The average molecular weight is 418 g/mol. The molecule has 0 saturated heterocycles. The van der Waals surface area contributed by atoms with Crippen molar-refractivity contribution in [3.8, 4) is 11.1 Å². The number of carbonyl (C=O) groups excluding carboxylic acids is 1. The lowest BCUT2D eigenvalue weighted by molar-refractivity contribution is -0.118. The Morgan fingerprint density at radius 1 is 1.07 bits per heavy atom. The van der Waals surface area contributed by atoms with Crippen LogP contribution in [0.5, 0.6) is 0 Å². The van der Waals surface area contributed by atoms with E-state index in [0.717, 1.165) is 32.8 Å². The Bertz CT molecular complexity index is 1310. The zero-order chi connectivity index (χ0) is 21.4. The van der Waals surface area contributed by atoms with Gasteiger partial charge in [-0.05, 0) is 50.5 Å². The molecule has 1 unspecified atom stereocenters. The van der Waals surface area contributed by atoms with E-state index in [1.807, 2.05) is 69.3 Å². The highest BCUT2D eigenvalue weighted by Gasteiger charge is 2.22. The van der Waals surface area contributed by atoms with Crippen molar-refractivity contribution < 1.29 is 4.79 Å². The molecular formula is C24H23N3O2S. The molecule has 0 fully saturated rings. The zero-order valence-corrected chi connectivity index (χ0v) is 18.2. The van der Waals surface area contributed by atoms with Gasteiger partial charge in [0.25, 0.3) is 5.56 Å². The lowest BCUT2D eigenvalue weighted by Crippen LogP contribution is -2.32. The second-order valence-corrected chi connectivity index (χ2v) is 8.65. The third-order valence-electron chi connectivity index (χ3n) is 5.54. The van der Waals surface area contributed by atoms with Crippen LogP contribution >= 0.6 is 11.3 Å². The van der Waals surface area contributed by atoms with Crippen LogP contribution < -0.4 is 10.9 Å². The summed E-state index contributed by atoms with van der Waals surface area (Å²) in [5.74, 6) is -0.250. The Labute approximate surface area is 179 Å². The van der Waals surface area contributed by atoms with Gasteiger partial charge in [0.05, 0.1) is 11.7 Å². The fraction of sp³-hybridized carbons (Fsp3) is 0.208. The maximum atomic E-state index is 13.4. The first-order valence-electron chi connectivity index (χ1n) is 9.81. The van der Waals surface area contributed by atoms with Crippen LogP contribution in [0.25, 0.3) is 21.3 Å². The molecule has 4 aromatic rings. The normalized spacial score (nSPS) is 12.1. The van der Waals surface area contributed by atoms with Gasteiger partial charge in [-0.2, -0.15) is 0 Å². The first-order valence-corrected chi connectivity index (χ1v) is 10.6. The molecule has 1 atom stereocenters. The van der Waals surface area contributed by atoms with Crippen LogP contribution in [-0.2, 0) is 4.79 Å². The number of hydrogen-bond donors (Lipinski definition) is 1. The molecule has 1 N–H and O–H groups in total. The van der Waals surface area contributed by atoms with Crippen molar-refractivity contribution in [2.75, 3.05) is 5.32 Å². The van der Waals surface area contributed by atoms with Crippen LogP contribution in [0.3, 0.4) is 0 Å². The maximum Gasteiger partial charge on any atom is 0.263 e. The van der Waals surface area contributed by atoms with Crippen molar-refractivity contribution in [2.24, 2.45) is 0 Å². The molecule has 0 aliphatic carbocycles. The average Bonchev–Trinajstić information content (AvgIpc) is 3.08. The van der Waals surface area contributed by atoms with Gasteiger partial charge in [0, 0.05) is 16.1 Å². The van der Waals surface area contributed by atoms with Crippen LogP contribution in [-0.4, -0.2) is 15.5 Å². The quantitative estimate of drug-likeness (QED) is 0.493. The Hall–Kier alpha value is -3.25. The van der Waals surface area contributed by atoms with Gasteiger partial charge in [0.1, 0.15) is 10.9 Å². The molecule has 0 aliphatic rings. The number of rotatable bonds is 4. The predicted octanol–water partition coefficient (Wildman–Crippen LogP) is 5.25. The molecule has 2 aromatic heterocycles. The summed E-state index contributed by atoms with van der Waals surface area (Å²) < 4.78 is 1.42. The van der Waals surface area contributed by atoms with E-state index < -0.39 is 6.04 Å². The summed E-state index contributed by atoms with van der Waals surface area (Å²) in [6.45, 7) is 7.68. The van der Waals surface area contributed by atoms with Crippen LogP contribution in [0.1, 0.15) is 29.0 Å². The molecule has 152 valence electrons. The van der Waals surface area contributed by atoms with Gasteiger partial charge in [0.15, 0.2) is 0 Å². The van der Waals surface area contributed by atoms with Crippen LogP contribution in [0.4, 0.5) is 5.69 Å². The molecule has 2 aromatic carbocycles. The van der Waals surface area contributed by atoms with E-state index in [0.29, 0.717) is 10.2 Å². The van der Waals surface area contributed by atoms with E-state index in [1.165, 1.54) is 22.2 Å². The predicted molar refractivity (Wildman–Crippen MR) is 123 cm³/mol. The molecule has 0 saturated carbocycles. The van der Waals surface area contributed by atoms with Crippen molar-refractivity contribution in [2.45, 2.75) is 33.7 Å². The molecule has 30 heavy (non-hydrogen) atoms. The summed E-state index contributed by atoms with van der Waals surface area (Å²) >= 11 is 1.50. The number of nitrogens with one attached hydrogen (secondary N) is 1. The zero-order valence-electron chi connectivity index (χ0n) is 17.4. The summed E-state index contributed by atoms with van der Waals surface area (Å²) in [6, 6.07) is 14.9. The fourth-order valence-corrected chi connectivity index (χ4v) is 4.60. The van der Waals surface area contributed by atoms with E-state index in [-0.39, 0.29) is 11.5 Å². The van der Waals surface area contributed by atoms with Crippen molar-refractivity contribution in [3.05, 3.63) is 81.2 Å². The number of nitrogens with zero attached hydrogens (tertiary/aromatic N) is 2. The van der Waals surface area contributed by atoms with Gasteiger partial charge in [-0.15, -0.1) is 11.3 Å². The van der Waals surface area contributed by atoms with Gasteiger partial charge >= 0.3 is 0 Å². The third-order valence-corrected chi connectivity index (χ3v) is 6.55. The van der Waals surface area contributed by atoms with E-state index in [4.69, 9.17) is 0 Å². The van der Waals surface area contributed by atoms with E-state index in [1.54, 1.807) is 6.92 Å². The van der Waals surface area contributed by atoms with Crippen LogP contribution in [0, 0.1) is 20.8 Å². The molecule has 2 heterocycles. The van der Waals surface area contributed by atoms with Crippen molar-refractivity contribution >= 4 is 33.1 Å². The first kappa shape index (κ1) is 20.0. The Morgan fingerprint density at radius 3 is 2.53 bits per heavy atom. The van der Waals surface area contributed by atoms with Gasteiger partial charge in [-0.3, -0.25) is 14.2 Å². The lowest BCUT2D eigenvalue weighted by atomic mass is 10.0. The minimum atomic E-state index is -0.696. The Morgan fingerprint density at radius 2 is 1.80 bits per heavy atom. The molecule has 0 aliphatic heterocycles. The largest absolute Gasteiger partial charge is 0.324 e. The minimum absolute atomic E-state index is 0.202. The topological polar surface area (TPSA) is 64.0 Å². The highest BCUT2D eigenvalue weighted by molar-refractivity contribution is 7.19. The fourth-order valence-electron chi connectivity index (χ4n) is 3.59. The van der Waals surface area contributed by atoms with E-state index in [2.05, 4.69) is 10.3 Å². The molecule has 4 rings (SSSR count). The smallest absolute Gasteiger partial charge is 0.263 e. The summed E-state index contributed by atoms with van der Waals surface area (Å²) in [4.78, 5) is 32.5. The minimum Gasteiger partial charge on any atom is -0.324 e. The monoisotopic (exact) mass is 417 g/mol. The second kappa shape index (κ2) is 7.88. The van der Waals surface area contributed by atoms with Crippen LogP contribution in [0.2, 0.25) is 0 Å². The number of hydrogen-bond acceptors (Lipinski definition) is 4. The molecule has 0 radical (unpaired) electrons. The molecule has 1 amide bonds.